The van der Waals surface area contributed by atoms with E-state index < -0.39 is 10.0 Å². The van der Waals surface area contributed by atoms with Gasteiger partial charge in [-0.25, -0.2) is 12.7 Å². The number of piperidine rings is 1. The van der Waals surface area contributed by atoms with Gasteiger partial charge < -0.3 is 5.32 Å². The topological polar surface area (TPSA) is 49.4 Å². The van der Waals surface area contributed by atoms with Crippen LogP contribution in [0.25, 0.3) is 0 Å². The first-order valence-electron chi connectivity index (χ1n) is 7.30. The molecular formula is C15H23ClN2O2S. The maximum absolute atomic E-state index is 11.6. The van der Waals surface area contributed by atoms with Gasteiger partial charge in [-0.1, -0.05) is 23.7 Å². The van der Waals surface area contributed by atoms with E-state index in [9.17, 15) is 8.42 Å². The molecule has 0 saturated carbocycles. The summed E-state index contributed by atoms with van der Waals surface area (Å²) in [6, 6.07) is 8.05. The molecule has 0 spiro atoms. The van der Waals surface area contributed by atoms with Crippen molar-refractivity contribution in [3.63, 3.8) is 0 Å². The summed E-state index contributed by atoms with van der Waals surface area (Å²) in [6.45, 7) is 4.22. The molecule has 4 nitrogen and oxygen atoms in total. The van der Waals surface area contributed by atoms with Crippen molar-refractivity contribution in [1.29, 1.82) is 0 Å². The molecule has 1 aliphatic rings. The second-order valence-corrected chi connectivity index (χ2v) is 8.23. The standard InChI is InChI=1S/C15H23ClN2O2S/c1-12(14-5-7-15(16)8-6-14)17-10-13-4-3-9-18(11-13)21(2,19)20/h5-8,12-13,17H,3-4,9-11H2,1-2H3/t12-,13?/m0/s1. The molecule has 1 aliphatic heterocycles. The van der Waals surface area contributed by atoms with Crippen molar-refractivity contribution in [3.05, 3.63) is 34.9 Å². The molecule has 6 heteroatoms. The first-order valence-corrected chi connectivity index (χ1v) is 9.53. The van der Waals surface area contributed by atoms with Gasteiger partial charge in [-0.3, -0.25) is 0 Å². The van der Waals surface area contributed by atoms with Crippen LogP contribution in [-0.2, 0) is 10.0 Å². The Bertz CT molecular complexity index is 560. The maximum Gasteiger partial charge on any atom is 0.211 e. The third-order valence-electron chi connectivity index (χ3n) is 4.03. The number of hydrogen-bond acceptors (Lipinski definition) is 3. The molecule has 1 aromatic carbocycles. The van der Waals surface area contributed by atoms with E-state index in [1.54, 1.807) is 4.31 Å². The molecule has 0 amide bonds. The van der Waals surface area contributed by atoms with Crippen LogP contribution < -0.4 is 5.32 Å². The quantitative estimate of drug-likeness (QED) is 0.903. The lowest BCUT2D eigenvalue weighted by atomic mass is 9.99. The molecule has 21 heavy (non-hydrogen) atoms. The van der Waals surface area contributed by atoms with E-state index in [-0.39, 0.29) is 6.04 Å². The molecule has 1 unspecified atom stereocenters. The molecular weight excluding hydrogens is 308 g/mol. The molecule has 1 saturated heterocycles. The highest BCUT2D eigenvalue weighted by Gasteiger charge is 2.25. The minimum atomic E-state index is -3.06. The Hall–Kier alpha value is -0.620. The third kappa shape index (κ3) is 4.95. The number of hydrogen-bond donors (Lipinski definition) is 1. The summed E-state index contributed by atoms with van der Waals surface area (Å²) in [5, 5.41) is 4.23. The van der Waals surface area contributed by atoms with Crippen LogP contribution in [0.15, 0.2) is 24.3 Å². The Balaban J connectivity index is 1.86. The Morgan fingerprint density at radius 1 is 1.38 bits per heavy atom. The summed E-state index contributed by atoms with van der Waals surface area (Å²) in [5.74, 6) is 0.378. The summed E-state index contributed by atoms with van der Waals surface area (Å²) in [7, 11) is -3.06. The van der Waals surface area contributed by atoms with Gasteiger partial charge in [-0.05, 0) is 49.9 Å². The Morgan fingerprint density at radius 2 is 2.05 bits per heavy atom. The van der Waals surface area contributed by atoms with Crippen molar-refractivity contribution < 1.29 is 8.42 Å². The van der Waals surface area contributed by atoms with Gasteiger partial charge in [0.2, 0.25) is 10.0 Å². The molecule has 1 N–H and O–H groups in total. The van der Waals surface area contributed by atoms with Crippen LogP contribution in [0.4, 0.5) is 0 Å². The highest BCUT2D eigenvalue weighted by atomic mass is 35.5. The van der Waals surface area contributed by atoms with Crippen molar-refractivity contribution >= 4 is 21.6 Å². The monoisotopic (exact) mass is 330 g/mol. The SMILES string of the molecule is C[C@H](NCC1CCCN(S(C)(=O)=O)C1)c1ccc(Cl)cc1. The van der Waals surface area contributed by atoms with Crippen LogP contribution in [-0.4, -0.2) is 38.6 Å². The van der Waals surface area contributed by atoms with Crippen molar-refractivity contribution in [3.8, 4) is 0 Å². The molecule has 118 valence electrons. The molecule has 0 bridgehead atoms. The lowest BCUT2D eigenvalue weighted by molar-refractivity contribution is 0.257. The van der Waals surface area contributed by atoms with E-state index in [1.807, 2.05) is 24.3 Å². The van der Waals surface area contributed by atoms with E-state index in [1.165, 1.54) is 11.8 Å². The smallest absolute Gasteiger partial charge is 0.211 e. The van der Waals surface area contributed by atoms with Crippen LogP contribution in [0, 0.1) is 5.92 Å². The average molecular weight is 331 g/mol. The number of nitrogens with zero attached hydrogens (tertiary/aromatic N) is 1. The molecule has 0 aliphatic carbocycles. The number of sulfonamides is 1. The molecule has 1 aromatic rings. The highest BCUT2D eigenvalue weighted by molar-refractivity contribution is 7.88. The van der Waals surface area contributed by atoms with Crippen LogP contribution in [0.3, 0.4) is 0 Å². The zero-order valence-electron chi connectivity index (χ0n) is 12.5. The van der Waals surface area contributed by atoms with E-state index in [0.717, 1.165) is 24.4 Å². The second kappa shape index (κ2) is 7.09. The van der Waals surface area contributed by atoms with Gasteiger partial charge in [0, 0.05) is 24.2 Å². The highest BCUT2D eigenvalue weighted by Crippen LogP contribution is 2.20. The number of benzene rings is 1. The summed E-state index contributed by atoms with van der Waals surface area (Å²) < 4.78 is 24.8. The second-order valence-electron chi connectivity index (χ2n) is 5.81. The number of halogens is 1. The Morgan fingerprint density at radius 3 is 2.67 bits per heavy atom. The minimum absolute atomic E-state index is 0.232. The van der Waals surface area contributed by atoms with Gasteiger partial charge in [-0.15, -0.1) is 0 Å². The zero-order valence-corrected chi connectivity index (χ0v) is 14.1. The normalized spacial score (nSPS) is 22.1. The lowest BCUT2D eigenvalue weighted by Crippen LogP contribution is -2.42. The average Bonchev–Trinajstić information content (AvgIpc) is 2.45. The first-order chi connectivity index (χ1) is 9.86. The molecule has 0 radical (unpaired) electrons. The van der Waals surface area contributed by atoms with E-state index in [0.29, 0.717) is 19.0 Å². The largest absolute Gasteiger partial charge is 0.310 e. The predicted molar refractivity (Wildman–Crippen MR) is 87.0 cm³/mol. The molecule has 2 rings (SSSR count). The van der Waals surface area contributed by atoms with Crippen molar-refractivity contribution in [2.24, 2.45) is 5.92 Å². The first kappa shape index (κ1) is 16.7. The fourth-order valence-electron chi connectivity index (χ4n) is 2.71. The van der Waals surface area contributed by atoms with E-state index in [2.05, 4.69) is 12.2 Å². The van der Waals surface area contributed by atoms with Gasteiger partial charge in [0.1, 0.15) is 0 Å². The van der Waals surface area contributed by atoms with E-state index >= 15 is 0 Å². The van der Waals surface area contributed by atoms with Crippen molar-refractivity contribution in [1.82, 2.24) is 9.62 Å². The lowest BCUT2D eigenvalue weighted by Gasteiger charge is -2.31. The van der Waals surface area contributed by atoms with Gasteiger partial charge >= 0.3 is 0 Å². The minimum Gasteiger partial charge on any atom is -0.310 e. The van der Waals surface area contributed by atoms with Crippen LogP contribution in [0.5, 0.6) is 0 Å². The van der Waals surface area contributed by atoms with Gasteiger partial charge in [0.25, 0.3) is 0 Å². The Labute approximate surface area is 132 Å². The van der Waals surface area contributed by atoms with Crippen LogP contribution in [0.2, 0.25) is 5.02 Å². The summed E-state index contributed by atoms with van der Waals surface area (Å²) in [4.78, 5) is 0. The molecule has 0 aromatic heterocycles. The third-order valence-corrected chi connectivity index (χ3v) is 5.56. The van der Waals surface area contributed by atoms with Gasteiger partial charge in [0.05, 0.1) is 6.26 Å². The van der Waals surface area contributed by atoms with Gasteiger partial charge in [0.15, 0.2) is 0 Å². The maximum atomic E-state index is 11.6. The summed E-state index contributed by atoms with van der Waals surface area (Å²) >= 11 is 5.89. The Kier molecular flexibility index (Phi) is 5.66. The van der Waals surface area contributed by atoms with Gasteiger partial charge in [-0.2, -0.15) is 0 Å². The predicted octanol–water partition coefficient (Wildman–Crippen LogP) is 2.66. The van der Waals surface area contributed by atoms with Crippen molar-refractivity contribution in [2.45, 2.75) is 25.8 Å². The number of rotatable bonds is 5. The van der Waals surface area contributed by atoms with Crippen LogP contribution in [0.1, 0.15) is 31.4 Å². The van der Waals surface area contributed by atoms with Crippen LogP contribution >= 0.6 is 11.6 Å². The molecule has 1 heterocycles. The summed E-state index contributed by atoms with van der Waals surface area (Å²) in [6.07, 6.45) is 3.31. The van der Waals surface area contributed by atoms with Crippen molar-refractivity contribution in [2.75, 3.05) is 25.9 Å². The fourth-order valence-corrected chi connectivity index (χ4v) is 3.78. The molecule has 2 atom stereocenters. The number of nitrogens with one attached hydrogen (secondary N) is 1. The van der Waals surface area contributed by atoms with E-state index in [4.69, 9.17) is 11.6 Å². The molecule has 1 fully saturated rings. The fraction of sp³-hybridized carbons (Fsp3) is 0.600. The zero-order chi connectivity index (χ0) is 15.5. The summed E-state index contributed by atoms with van der Waals surface area (Å²) in [5.41, 5.74) is 1.19.